The van der Waals surface area contributed by atoms with Crippen LogP contribution < -0.4 is 19.5 Å². The molecule has 0 aliphatic carbocycles. The Hall–Kier alpha value is -3.51. The Labute approximate surface area is 176 Å². The third-order valence-electron chi connectivity index (χ3n) is 4.65. The highest BCUT2D eigenvalue weighted by Crippen LogP contribution is 2.29. The zero-order valence-corrected chi connectivity index (χ0v) is 17.0. The Kier molecular flexibility index (Phi) is 7.29. The summed E-state index contributed by atoms with van der Waals surface area (Å²) >= 11 is 0. The summed E-state index contributed by atoms with van der Waals surface area (Å²) in [7, 11) is 3.08. The van der Waals surface area contributed by atoms with Crippen molar-refractivity contribution in [2.75, 3.05) is 20.8 Å². The van der Waals surface area contributed by atoms with E-state index in [0.29, 0.717) is 22.6 Å². The molecule has 1 amide bonds. The van der Waals surface area contributed by atoms with Crippen molar-refractivity contribution in [3.63, 3.8) is 0 Å². The van der Waals surface area contributed by atoms with E-state index in [2.05, 4.69) is 5.32 Å². The SMILES string of the molecule is COc1ccc(OC)c(C(O)CNC(=O)c2ccccc2COc2ccccc2)c1. The molecule has 1 atom stereocenters. The molecular formula is C24H25NO5. The number of carbonyl (C=O) groups excluding carboxylic acids is 1. The van der Waals surface area contributed by atoms with Gasteiger partial charge in [0.1, 0.15) is 30.0 Å². The van der Waals surface area contributed by atoms with Crippen molar-refractivity contribution in [1.82, 2.24) is 5.32 Å². The van der Waals surface area contributed by atoms with Gasteiger partial charge in [-0.05, 0) is 36.4 Å². The van der Waals surface area contributed by atoms with E-state index in [1.54, 1.807) is 37.4 Å². The molecule has 6 heteroatoms. The Morgan fingerprint density at radius 2 is 1.67 bits per heavy atom. The minimum absolute atomic E-state index is 0.0240. The summed E-state index contributed by atoms with van der Waals surface area (Å²) in [6.45, 7) is 0.288. The second-order valence-electron chi connectivity index (χ2n) is 6.59. The number of nitrogens with one attached hydrogen (secondary N) is 1. The summed E-state index contributed by atoms with van der Waals surface area (Å²) < 4.78 is 16.3. The fourth-order valence-corrected chi connectivity index (χ4v) is 3.04. The minimum atomic E-state index is -0.952. The first-order valence-electron chi connectivity index (χ1n) is 9.56. The first kappa shape index (κ1) is 21.2. The standard InChI is InChI=1S/C24H25NO5/c1-28-19-12-13-23(29-2)21(14-19)22(26)15-25-24(27)20-11-7-6-8-17(20)16-30-18-9-4-3-5-10-18/h3-14,22,26H,15-16H2,1-2H3,(H,25,27). The van der Waals surface area contributed by atoms with E-state index in [1.807, 2.05) is 42.5 Å². The molecule has 30 heavy (non-hydrogen) atoms. The van der Waals surface area contributed by atoms with Crippen LogP contribution in [0, 0.1) is 0 Å². The number of aliphatic hydroxyl groups excluding tert-OH is 1. The van der Waals surface area contributed by atoms with E-state index in [1.165, 1.54) is 7.11 Å². The third-order valence-corrected chi connectivity index (χ3v) is 4.65. The molecule has 3 rings (SSSR count). The van der Waals surface area contributed by atoms with Crippen molar-refractivity contribution in [3.8, 4) is 17.2 Å². The van der Waals surface area contributed by atoms with Crippen LogP contribution in [0.2, 0.25) is 0 Å². The molecule has 156 valence electrons. The first-order valence-corrected chi connectivity index (χ1v) is 9.56. The number of hydrogen-bond acceptors (Lipinski definition) is 5. The summed E-state index contributed by atoms with van der Waals surface area (Å²) in [5, 5.41) is 13.4. The zero-order chi connectivity index (χ0) is 21.3. The van der Waals surface area contributed by atoms with Crippen molar-refractivity contribution >= 4 is 5.91 Å². The molecule has 0 aliphatic rings. The highest BCUT2D eigenvalue weighted by Gasteiger charge is 2.17. The van der Waals surface area contributed by atoms with E-state index < -0.39 is 6.10 Å². The van der Waals surface area contributed by atoms with E-state index >= 15 is 0 Å². The van der Waals surface area contributed by atoms with Gasteiger partial charge in [0.2, 0.25) is 0 Å². The largest absolute Gasteiger partial charge is 0.497 e. The molecule has 0 aliphatic heterocycles. The van der Waals surface area contributed by atoms with Gasteiger partial charge in [-0.25, -0.2) is 0 Å². The van der Waals surface area contributed by atoms with Gasteiger partial charge in [0.05, 0.1) is 14.2 Å². The molecule has 2 N–H and O–H groups in total. The first-order chi connectivity index (χ1) is 14.6. The lowest BCUT2D eigenvalue weighted by molar-refractivity contribution is 0.0912. The Morgan fingerprint density at radius 1 is 0.933 bits per heavy atom. The maximum absolute atomic E-state index is 12.8. The molecule has 0 radical (unpaired) electrons. The maximum Gasteiger partial charge on any atom is 0.251 e. The Bertz CT molecular complexity index is 974. The Balaban J connectivity index is 1.66. The lowest BCUT2D eigenvalue weighted by Gasteiger charge is -2.17. The number of amides is 1. The molecule has 0 heterocycles. The topological polar surface area (TPSA) is 77.0 Å². The molecular weight excluding hydrogens is 382 g/mol. The normalized spacial score (nSPS) is 11.4. The number of hydrogen-bond donors (Lipinski definition) is 2. The third kappa shape index (κ3) is 5.30. The summed E-state index contributed by atoms with van der Waals surface area (Å²) in [4.78, 5) is 12.8. The van der Waals surface area contributed by atoms with Gasteiger partial charge in [-0.15, -0.1) is 0 Å². The summed E-state index contributed by atoms with van der Waals surface area (Å²) in [6, 6.07) is 21.8. The fraction of sp³-hybridized carbons (Fsp3) is 0.208. The van der Waals surface area contributed by atoms with Crippen LogP contribution in [0.5, 0.6) is 17.2 Å². The second kappa shape index (κ2) is 10.3. The van der Waals surface area contributed by atoms with Gasteiger partial charge in [0, 0.05) is 23.2 Å². The van der Waals surface area contributed by atoms with Gasteiger partial charge in [-0.1, -0.05) is 36.4 Å². The van der Waals surface area contributed by atoms with Crippen LogP contribution in [0.4, 0.5) is 0 Å². The van der Waals surface area contributed by atoms with Crippen LogP contribution in [-0.2, 0) is 6.61 Å². The van der Waals surface area contributed by atoms with E-state index in [-0.39, 0.29) is 19.1 Å². The molecule has 0 saturated carbocycles. The molecule has 0 saturated heterocycles. The smallest absolute Gasteiger partial charge is 0.251 e. The predicted octanol–water partition coefficient (Wildman–Crippen LogP) is 3.75. The van der Waals surface area contributed by atoms with Crippen LogP contribution >= 0.6 is 0 Å². The summed E-state index contributed by atoms with van der Waals surface area (Å²) in [5.41, 5.74) is 1.79. The van der Waals surface area contributed by atoms with Crippen LogP contribution in [0.25, 0.3) is 0 Å². The van der Waals surface area contributed by atoms with Gasteiger partial charge < -0.3 is 24.6 Å². The van der Waals surface area contributed by atoms with Gasteiger partial charge in [0.25, 0.3) is 5.91 Å². The van der Waals surface area contributed by atoms with Gasteiger partial charge in [0.15, 0.2) is 0 Å². The second-order valence-corrected chi connectivity index (χ2v) is 6.59. The number of ether oxygens (including phenoxy) is 3. The van der Waals surface area contributed by atoms with Crippen molar-refractivity contribution < 1.29 is 24.1 Å². The lowest BCUT2D eigenvalue weighted by atomic mass is 10.1. The molecule has 0 bridgehead atoms. The molecule has 0 aromatic heterocycles. The van der Waals surface area contributed by atoms with Crippen LogP contribution in [0.3, 0.4) is 0 Å². The highest BCUT2D eigenvalue weighted by molar-refractivity contribution is 5.95. The van der Waals surface area contributed by atoms with Crippen molar-refractivity contribution in [2.45, 2.75) is 12.7 Å². The molecule has 6 nitrogen and oxygen atoms in total. The number of methoxy groups -OCH3 is 2. The molecule has 0 fully saturated rings. The predicted molar refractivity (Wildman–Crippen MR) is 114 cm³/mol. The zero-order valence-electron chi connectivity index (χ0n) is 17.0. The molecule has 3 aromatic carbocycles. The van der Waals surface area contributed by atoms with E-state index in [9.17, 15) is 9.90 Å². The number of para-hydroxylation sites is 1. The van der Waals surface area contributed by atoms with Crippen LogP contribution in [0.1, 0.15) is 27.6 Å². The van der Waals surface area contributed by atoms with Crippen molar-refractivity contribution in [2.24, 2.45) is 0 Å². The highest BCUT2D eigenvalue weighted by atomic mass is 16.5. The van der Waals surface area contributed by atoms with Crippen molar-refractivity contribution in [1.29, 1.82) is 0 Å². The molecule has 3 aromatic rings. The van der Waals surface area contributed by atoms with Gasteiger partial charge >= 0.3 is 0 Å². The lowest BCUT2D eigenvalue weighted by Crippen LogP contribution is -2.29. The van der Waals surface area contributed by atoms with Crippen LogP contribution in [0.15, 0.2) is 72.8 Å². The number of aliphatic hydroxyl groups is 1. The maximum atomic E-state index is 12.8. The molecule has 0 spiro atoms. The summed E-state index contributed by atoms with van der Waals surface area (Å²) in [6.07, 6.45) is -0.952. The quantitative estimate of drug-likeness (QED) is 0.565. The average Bonchev–Trinajstić information content (AvgIpc) is 2.81. The number of rotatable bonds is 9. The number of benzene rings is 3. The van der Waals surface area contributed by atoms with Crippen molar-refractivity contribution in [3.05, 3.63) is 89.5 Å². The monoisotopic (exact) mass is 407 g/mol. The van der Waals surface area contributed by atoms with Gasteiger partial charge in [-0.2, -0.15) is 0 Å². The van der Waals surface area contributed by atoms with Crippen LogP contribution in [-0.4, -0.2) is 31.8 Å². The average molecular weight is 407 g/mol. The fourth-order valence-electron chi connectivity index (χ4n) is 3.04. The Morgan fingerprint density at radius 3 is 2.40 bits per heavy atom. The van der Waals surface area contributed by atoms with E-state index in [0.717, 1.165) is 11.3 Å². The van der Waals surface area contributed by atoms with Gasteiger partial charge in [-0.3, -0.25) is 4.79 Å². The molecule has 1 unspecified atom stereocenters. The number of carbonyl (C=O) groups is 1. The van der Waals surface area contributed by atoms with E-state index in [4.69, 9.17) is 14.2 Å². The summed E-state index contributed by atoms with van der Waals surface area (Å²) in [5.74, 6) is 1.56. The minimum Gasteiger partial charge on any atom is -0.497 e.